The third-order valence-electron chi connectivity index (χ3n) is 4.30. The van der Waals surface area contributed by atoms with Gasteiger partial charge >= 0.3 is 11.9 Å². The number of ether oxygens (including phenoxy) is 2. The molecule has 0 atom stereocenters. The minimum absolute atomic E-state index is 0.178. The van der Waals surface area contributed by atoms with Crippen molar-refractivity contribution in [2.45, 2.75) is 6.92 Å². The number of likely N-dealkylation sites (N-methyl/N-ethyl adjacent to an activating group) is 1. The van der Waals surface area contributed by atoms with Crippen molar-refractivity contribution in [1.29, 1.82) is 0 Å². The SMILES string of the molecule is CCN1C(=O)C(=Cc2ccc(OCC(=O)O)c(Br)c2)SC1=Nc1cccc(C(=O)OC)c1. The number of rotatable bonds is 7. The molecular formula is C22H19BrN2O6S. The van der Waals surface area contributed by atoms with Gasteiger partial charge in [0.25, 0.3) is 5.91 Å². The molecule has 32 heavy (non-hydrogen) atoms. The molecule has 0 aromatic heterocycles. The Hall–Kier alpha value is -3.11. The lowest BCUT2D eigenvalue weighted by molar-refractivity contribution is -0.139. The second kappa shape index (κ2) is 10.5. The van der Waals surface area contributed by atoms with Crippen molar-refractivity contribution in [3.63, 3.8) is 0 Å². The summed E-state index contributed by atoms with van der Waals surface area (Å²) in [4.78, 5) is 41.9. The van der Waals surface area contributed by atoms with Crippen molar-refractivity contribution in [2.24, 2.45) is 4.99 Å². The molecule has 3 rings (SSSR count). The molecule has 0 aliphatic carbocycles. The molecule has 2 aromatic rings. The molecule has 1 saturated heterocycles. The molecule has 1 heterocycles. The molecule has 166 valence electrons. The number of nitrogens with zero attached hydrogens (tertiary/aromatic N) is 2. The summed E-state index contributed by atoms with van der Waals surface area (Å²) in [5, 5.41) is 9.25. The van der Waals surface area contributed by atoms with Crippen molar-refractivity contribution >= 4 is 62.5 Å². The number of carbonyl (C=O) groups excluding carboxylic acids is 2. The predicted molar refractivity (Wildman–Crippen MR) is 125 cm³/mol. The van der Waals surface area contributed by atoms with Crippen LogP contribution in [0.4, 0.5) is 5.69 Å². The van der Waals surface area contributed by atoms with Gasteiger partial charge in [0.1, 0.15) is 5.75 Å². The van der Waals surface area contributed by atoms with E-state index in [2.05, 4.69) is 20.9 Å². The van der Waals surface area contributed by atoms with E-state index in [0.29, 0.717) is 38.1 Å². The van der Waals surface area contributed by atoms with Gasteiger partial charge in [0, 0.05) is 6.54 Å². The number of hydrogen-bond acceptors (Lipinski definition) is 7. The normalized spacial score (nSPS) is 16.0. The Kier molecular flexibility index (Phi) is 7.70. The van der Waals surface area contributed by atoms with Crippen LogP contribution in [0, 0.1) is 0 Å². The highest BCUT2D eigenvalue weighted by atomic mass is 79.9. The number of aliphatic imine (C=N–C) groups is 1. The zero-order chi connectivity index (χ0) is 23.3. The summed E-state index contributed by atoms with van der Waals surface area (Å²) in [5.74, 6) is -1.32. The molecule has 1 fully saturated rings. The molecule has 1 N–H and O–H groups in total. The number of benzene rings is 2. The van der Waals surface area contributed by atoms with E-state index in [0.717, 1.165) is 5.56 Å². The van der Waals surface area contributed by atoms with Gasteiger partial charge in [-0.2, -0.15) is 0 Å². The van der Waals surface area contributed by atoms with Crippen molar-refractivity contribution in [2.75, 3.05) is 20.3 Å². The minimum atomic E-state index is -1.07. The first-order valence-corrected chi connectivity index (χ1v) is 11.1. The lowest BCUT2D eigenvalue weighted by Crippen LogP contribution is -2.28. The first kappa shape index (κ1) is 23.6. The molecule has 0 spiro atoms. The fourth-order valence-corrected chi connectivity index (χ4v) is 4.39. The highest BCUT2D eigenvalue weighted by Crippen LogP contribution is 2.35. The van der Waals surface area contributed by atoms with Crippen molar-refractivity contribution in [1.82, 2.24) is 4.90 Å². The Labute approximate surface area is 197 Å². The van der Waals surface area contributed by atoms with Crippen LogP contribution in [0.3, 0.4) is 0 Å². The van der Waals surface area contributed by atoms with Gasteiger partial charge in [-0.1, -0.05) is 12.1 Å². The van der Waals surface area contributed by atoms with Crippen LogP contribution in [0.1, 0.15) is 22.8 Å². The van der Waals surface area contributed by atoms with Gasteiger partial charge in [-0.3, -0.25) is 9.69 Å². The van der Waals surface area contributed by atoms with Gasteiger partial charge in [-0.25, -0.2) is 14.6 Å². The maximum atomic E-state index is 12.9. The third kappa shape index (κ3) is 5.57. The molecule has 0 radical (unpaired) electrons. The zero-order valence-electron chi connectivity index (χ0n) is 17.2. The lowest BCUT2D eigenvalue weighted by atomic mass is 10.2. The number of hydrogen-bond donors (Lipinski definition) is 1. The van der Waals surface area contributed by atoms with Crippen LogP contribution in [0.2, 0.25) is 0 Å². The maximum Gasteiger partial charge on any atom is 0.341 e. The molecule has 2 aromatic carbocycles. The number of carbonyl (C=O) groups is 3. The molecule has 0 unspecified atom stereocenters. The number of amidine groups is 1. The van der Waals surface area contributed by atoms with Crippen LogP contribution in [-0.2, 0) is 14.3 Å². The van der Waals surface area contributed by atoms with E-state index < -0.39 is 18.5 Å². The van der Waals surface area contributed by atoms with Crippen molar-refractivity contribution in [3.8, 4) is 5.75 Å². The van der Waals surface area contributed by atoms with E-state index in [-0.39, 0.29) is 5.91 Å². The largest absolute Gasteiger partial charge is 0.481 e. The molecule has 0 bridgehead atoms. The first-order chi connectivity index (χ1) is 15.3. The Balaban J connectivity index is 1.86. The zero-order valence-corrected chi connectivity index (χ0v) is 19.6. The second-order valence-corrected chi connectivity index (χ2v) is 8.33. The fraction of sp³-hybridized carbons (Fsp3) is 0.182. The smallest absolute Gasteiger partial charge is 0.341 e. The third-order valence-corrected chi connectivity index (χ3v) is 5.93. The second-order valence-electron chi connectivity index (χ2n) is 6.47. The van der Waals surface area contributed by atoms with E-state index in [4.69, 9.17) is 14.6 Å². The minimum Gasteiger partial charge on any atom is -0.481 e. The monoisotopic (exact) mass is 518 g/mol. The first-order valence-electron chi connectivity index (χ1n) is 9.45. The molecule has 10 heteroatoms. The lowest BCUT2D eigenvalue weighted by Gasteiger charge is -2.12. The molecule has 0 saturated carbocycles. The average Bonchev–Trinajstić information content (AvgIpc) is 3.06. The van der Waals surface area contributed by atoms with Crippen LogP contribution in [-0.4, -0.2) is 53.3 Å². The van der Waals surface area contributed by atoms with Crippen molar-refractivity contribution < 1.29 is 29.0 Å². The number of carboxylic acid groups (broad SMARTS) is 1. The quantitative estimate of drug-likeness (QED) is 0.429. The van der Waals surface area contributed by atoms with Crippen LogP contribution in [0.5, 0.6) is 5.75 Å². The van der Waals surface area contributed by atoms with Crippen molar-refractivity contribution in [3.05, 3.63) is 63.0 Å². The van der Waals surface area contributed by atoms with Crippen LogP contribution < -0.4 is 4.74 Å². The number of esters is 1. The Bertz CT molecular complexity index is 1130. The van der Waals surface area contributed by atoms with Gasteiger partial charge in [-0.15, -0.1) is 0 Å². The summed E-state index contributed by atoms with van der Waals surface area (Å²) in [6.45, 7) is 1.84. The summed E-state index contributed by atoms with van der Waals surface area (Å²) in [5.41, 5.74) is 1.64. The number of halogens is 1. The Morgan fingerprint density at radius 1 is 1.25 bits per heavy atom. The number of carboxylic acids is 1. The average molecular weight is 519 g/mol. The fourth-order valence-electron chi connectivity index (χ4n) is 2.82. The predicted octanol–water partition coefficient (Wildman–Crippen LogP) is 4.32. The van der Waals surface area contributed by atoms with Crippen LogP contribution in [0.15, 0.2) is 56.8 Å². The van der Waals surface area contributed by atoms with Gasteiger partial charge in [0.15, 0.2) is 11.8 Å². The van der Waals surface area contributed by atoms with E-state index >= 15 is 0 Å². The topological polar surface area (TPSA) is 106 Å². The van der Waals surface area contributed by atoms with Gasteiger partial charge in [0.05, 0.1) is 27.7 Å². The van der Waals surface area contributed by atoms with Crippen LogP contribution >= 0.6 is 27.7 Å². The Morgan fingerprint density at radius 2 is 2.03 bits per heavy atom. The highest BCUT2D eigenvalue weighted by Gasteiger charge is 2.32. The van der Waals surface area contributed by atoms with Gasteiger partial charge < -0.3 is 14.6 Å². The van der Waals surface area contributed by atoms with E-state index in [9.17, 15) is 14.4 Å². The van der Waals surface area contributed by atoms with Crippen LogP contribution in [0.25, 0.3) is 6.08 Å². The summed E-state index contributed by atoms with van der Waals surface area (Å²) in [6.07, 6.45) is 1.73. The molecule has 1 amide bonds. The van der Waals surface area contributed by atoms with Gasteiger partial charge in [0.2, 0.25) is 0 Å². The Morgan fingerprint density at radius 3 is 2.69 bits per heavy atom. The van der Waals surface area contributed by atoms with E-state index in [1.165, 1.54) is 18.9 Å². The number of amides is 1. The summed E-state index contributed by atoms with van der Waals surface area (Å²) in [7, 11) is 1.31. The summed E-state index contributed by atoms with van der Waals surface area (Å²) < 4.78 is 10.5. The number of methoxy groups -OCH3 is 1. The number of thioether (sulfide) groups is 1. The standard InChI is InChI=1S/C22H19BrN2O6S/c1-3-25-20(28)18(10-13-7-8-17(16(23)9-13)31-12-19(26)27)32-22(25)24-15-6-4-5-14(11-15)21(29)30-2/h4-11H,3,12H2,1-2H3,(H,26,27). The maximum absolute atomic E-state index is 12.9. The van der Waals surface area contributed by atoms with E-state index in [1.807, 2.05) is 6.92 Å². The highest BCUT2D eigenvalue weighted by molar-refractivity contribution is 9.10. The van der Waals surface area contributed by atoms with E-state index in [1.54, 1.807) is 53.4 Å². The summed E-state index contributed by atoms with van der Waals surface area (Å²) in [6, 6.07) is 11.8. The summed E-state index contributed by atoms with van der Waals surface area (Å²) >= 11 is 4.59. The molecular weight excluding hydrogens is 500 g/mol. The number of aliphatic carboxylic acids is 1. The van der Waals surface area contributed by atoms with Gasteiger partial charge in [-0.05, 0) is 76.6 Å². The molecule has 1 aliphatic heterocycles. The molecule has 1 aliphatic rings. The molecule has 8 nitrogen and oxygen atoms in total.